The summed E-state index contributed by atoms with van der Waals surface area (Å²) in [4.78, 5) is 24.0. The summed E-state index contributed by atoms with van der Waals surface area (Å²) in [5.74, 6) is -0.659. The first-order chi connectivity index (χ1) is 14.6. The zero-order chi connectivity index (χ0) is 22.8. The van der Waals surface area contributed by atoms with Gasteiger partial charge in [0, 0.05) is 22.5 Å². The SMILES string of the molecule is CC(=O)c1cccc(NC(=O)c2ccc(Cl)c(S(=O)(=O)Nc3ccc(C)c(C)c3)c2)c1. The molecule has 0 aliphatic rings. The number of aryl methyl sites for hydroxylation is 2. The molecular weight excluding hydrogens is 436 g/mol. The van der Waals surface area contributed by atoms with Crippen LogP contribution in [0.15, 0.2) is 65.6 Å². The number of carbonyl (C=O) groups excluding carboxylic acids is 2. The van der Waals surface area contributed by atoms with Crippen molar-refractivity contribution in [3.63, 3.8) is 0 Å². The molecule has 31 heavy (non-hydrogen) atoms. The van der Waals surface area contributed by atoms with Crippen LogP contribution in [0, 0.1) is 13.8 Å². The number of carbonyl (C=O) groups is 2. The van der Waals surface area contributed by atoms with Gasteiger partial charge in [0.25, 0.3) is 15.9 Å². The van der Waals surface area contributed by atoms with Crippen LogP contribution in [-0.2, 0) is 10.0 Å². The van der Waals surface area contributed by atoms with Crippen molar-refractivity contribution in [1.82, 2.24) is 0 Å². The van der Waals surface area contributed by atoms with Crippen LogP contribution < -0.4 is 10.0 Å². The van der Waals surface area contributed by atoms with Gasteiger partial charge in [0.15, 0.2) is 5.78 Å². The van der Waals surface area contributed by atoms with Gasteiger partial charge in [-0.3, -0.25) is 14.3 Å². The fraction of sp³-hybridized carbons (Fsp3) is 0.130. The molecule has 0 fully saturated rings. The van der Waals surface area contributed by atoms with E-state index in [2.05, 4.69) is 10.0 Å². The van der Waals surface area contributed by atoms with Crippen molar-refractivity contribution >= 4 is 44.7 Å². The topological polar surface area (TPSA) is 92.3 Å². The number of benzene rings is 3. The van der Waals surface area contributed by atoms with E-state index in [9.17, 15) is 18.0 Å². The van der Waals surface area contributed by atoms with Gasteiger partial charge in [-0.1, -0.05) is 29.8 Å². The van der Waals surface area contributed by atoms with E-state index in [1.54, 1.807) is 36.4 Å². The Labute approximate surface area is 186 Å². The second-order valence-corrected chi connectivity index (χ2v) is 9.20. The molecule has 0 aliphatic heterocycles. The summed E-state index contributed by atoms with van der Waals surface area (Å²) >= 11 is 6.14. The summed E-state index contributed by atoms with van der Waals surface area (Å²) in [7, 11) is -4.03. The number of ketones is 1. The van der Waals surface area contributed by atoms with Gasteiger partial charge in [-0.15, -0.1) is 0 Å². The first kappa shape index (κ1) is 22.5. The third-order valence-corrected chi connectivity index (χ3v) is 6.63. The number of amides is 1. The molecule has 0 aromatic heterocycles. The van der Waals surface area contributed by atoms with Crippen molar-refractivity contribution in [3.8, 4) is 0 Å². The zero-order valence-electron chi connectivity index (χ0n) is 17.2. The van der Waals surface area contributed by atoms with Crippen molar-refractivity contribution in [2.45, 2.75) is 25.7 Å². The minimum Gasteiger partial charge on any atom is -0.322 e. The fourth-order valence-corrected chi connectivity index (χ4v) is 4.46. The molecule has 0 aliphatic carbocycles. The molecule has 2 N–H and O–H groups in total. The summed E-state index contributed by atoms with van der Waals surface area (Å²) in [5, 5.41) is 2.66. The molecule has 3 rings (SSSR count). The van der Waals surface area contributed by atoms with Crippen LogP contribution in [0.3, 0.4) is 0 Å². The molecular formula is C23H21ClN2O4S. The van der Waals surface area contributed by atoms with E-state index in [0.717, 1.165) is 11.1 Å². The van der Waals surface area contributed by atoms with Gasteiger partial charge in [0.1, 0.15) is 4.90 Å². The van der Waals surface area contributed by atoms with Gasteiger partial charge < -0.3 is 5.32 Å². The lowest BCUT2D eigenvalue weighted by Gasteiger charge is -2.12. The van der Waals surface area contributed by atoms with Crippen LogP contribution in [0.4, 0.5) is 11.4 Å². The number of sulfonamides is 1. The highest BCUT2D eigenvalue weighted by atomic mass is 35.5. The number of hydrogen-bond donors (Lipinski definition) is 2. The maximum Gasteiger partial charge on any atom is 0.263 e. The number of hydrogen-bond acceptors (Lipinski definition) is 4. The van der Waals surface area contributed by atoms with Crippen LogP contribution in [-0.4, -0.2) is 20.1 Å². The Balaban J connectivity index is 1.88. The molecule has 160 valence electrons. The van der Waals surface area contributed by atoms with Crippen molar-refractivity contribution in [2.75, 3.05) is 10.0 Å². The Bertz CT molecular complexity index is 1290. The average Bonchev–Trinajstić information content (AvgIpc) is 2.71. The van der Waals surface area contributed by atoms with Crippen LogP contribution in [0.2, 0.25) is 5.02 Å². The molecule has 0 atom stereocenters. The standard InChI is InChI=1S/C23H21ClN2O4S/c1-14-7-9-20(11-15(14)2)26-31(29,30)22-13-18(8-10-21(22)24)23(28)25-19-6-4-5-17(12-19)16(3)27/h4-13,26H,1-3H3,(H,25,28). The summed E-state index contributed by atoms with van der Waals surface area (Å²) in [6, 6.07) is 15.7. The maximum atomic E-state index is 12.9. The van der Waals surface area contributed by atoms with Gasteiger partial charge in [0.05, 0.1) is 5.02 Å². The molecule has 0 bridgehead atoms. The number of Topliss-reactive ketones (excluding diaryl/α,β-unsaturated/α-hetero) is 1. The Morgan fingerprint density at radius 2 is 1.58 bits per heavy atom. The molecule has 0 saturated carbocycles. The predicted molar refractivity (Wildman–Crippen MR) is 123 cm³/mol. The minimum atomic E-state index is -4.03. The molecule has 0 spiro atoms. The molecule has 8 heteroatoms. The molecule has 3 aromatic carbocycles. The molecule has 0 heterocycles. The third kappa shape index (κ3) is 5.31. The van der Waals surface area contributed by atoms with Gasteiger partial charge >= 0.3 is 0 Å². The normalized spacial score (nSPS) is 11.1. The molecule has 0 radical (unpaired) electrons. The van der Waals surface area contributed by atoms with Crippen LogP contribution >= 0.6 is 11.6 Å². The Kier molecular flexibility index (Phi) is 6.48. The maximum absolute atomic E-state index is 12.9. The van der Waals surface area contributed by atoms with E-state index in [0.29, 0.717) is 16.9 Å². The number of halogens is 1. The summed E-state index contributed by atoms with van der Waals surface area (Å²) in [5.41, 5.74) is 3.36. The predicted octanol–water partition coefficient (Wildman–Crippen LogP) is 5.21. The highest BCUT2D eigenvalue weighted by Gasteiger charge is 2.21. The molecule has 0 unspecified atom stereocenters. The Morgan fingerprint density at radius 1 is 0.839 bits per heavy atom. The van der Waals surface area contributed by atoms with E-state index in [1.165, 1.54) is 25.1 Å². The van der Waals surface area contributed by atoms with Crippen molar-refractivity contribution in [3.05, 3.63) is 87.9 Å². The number of anilines is 2. The van der Waals surface area contributed by atoms with Gasteiger partial charge in [-0.25, -0.2) is 8.42 Å². The quantitative estimate of drug-likeness (QED) is 0.498. The van der Waals surface area contributed by atoms with Crippen molar-refractivity contribution in [1.29, 1.82) is 0 Å². The largest absolute Gasteiger partial charge is 0.322 e. The Morgan fingerprint density at radius 3 is 2.26 bits per heavy atom. The summed E-state index contributed by atoms with van der Waals surface area (Å²) in [6.45, 7) is 5.24. The van der Waals surface area contributed by atoms with E-state index < -0.39 is 15.9 Å². The first-order valence-electron chi connectivity index (χ1n) is 9.39. The number of rotatable bonds is 6. The van der Waals surface area contributed by atoms with Crippen molar-refractivity contribution < 1.29 is 18.0 Å². The van der Waals surface area contributed by atoms with E-state index in [4.69, 9.17) is 11.6 Å². The van der Waals surface area contributed by atoms with Crippen LogP contribution in [0.1, 0.15) is 38.8 Å². The second kappa shape index (κ2) is 8.91. The van der Waals surface area contributed by atoms with Gasteiger partial charge in [-0.05, 0) is 74.4 Å². The van der Waals surface area contributed by atoms with E-state index in [-0.39, 0.29) is 21.3 Å². The Hall–Kier alpha value is -3.16. The molecule has 1 amide bonds. The lowest BCUT2D eigenvalue weighted by atomic mass is 10.1. The number of nitrogens with one attached hydrogen (secondary N) is 2. The van der Waals surface area contributed by atoms with E-state index in [1.807, 2.05) is 19.9 Å². The molecule has 6 nitrogen and oxygen atoms in total. The average molecular weight is 457 g/mol. The molecule has 0 saturated heterocycles. The van der Waals surface area contributed by atoms with Crippen LogP contribution in [0.25, 0.3) is 0 Å². The monoisotopic (exact) mass is 456 g/mol. The zero-order valence-corrected chi connectivity index (χ0v) is 18.8. The third-order valence-electron chi connectivity index (χ3n) is 4.77. The highest BCUT2D eigenvalue weighted by molar-refractivity contribution is 7.92. The highest BCUT2D eigenvalue weighted by Crippen LogP contribution is 2.26. The second-order valence-electron chi connectivity index (χ2n) is 7.14. The van der Waals surface area contributed by atoms with Gasteiger partial charge in [0.2, 0.25) is 0 Å². The van der Waals surface area contributed by atoms with Gasteiger partial charge in [-0.2, -0.15) is 0 Å². The molecule has 3 aromatic rings. The summed E-state index contributed by atoms with van der Waals surface area (Å²) < 4.78 is 28.3. The lowest BCUT2D eigenvalue weighted by molar-refractivity contribution is 0.101. The van der Waals surface area contributed by atoms with Crippen LogP contribution in [0.5, 0.6) is 0 Å². The van der Waals surface area contributed by atoms with Crippen molar-refractivity contribution in [2.24, 2.45) is 0 Å². The fourth-order valence-electron chi connectivity index (χ4n) is 2.88. The summed E-state index contributed by atoms with van der Waals surface area (Å²) in [6.07, 6.45) is 0. The smallest absolute Gasteiger partial charge is 0.263 e. The first-order valence-corrected chi connectivity index (χ1v) is 11.2. The lowest BCUT2D eigenvalue weighted by Crippen LogP contribution is -2.16. The van der Waals surface area contributed by atoms with E-state index >= 15 is 0 Å². The minimum absolute atomic E-state index is 0.00791.